The third-order valence-electron chi connectivity index (χ3n) is 2.49. The molecule has 0 aliphatic carbocycles. The molecule has 96 valence electrons. The number of fused-ring (bicyclic) bond motifs is 1. The molecule has 0 unspecified atom stereocenters. The summed E-state index contributed by atoms with van der Waals surface area (Å²) < 4.78 is 33.5. The summed E-state index contributed by atoms with van der Waals surface area (Å²) in [4.78, 5) is 4.10. The summed E-state index contributed by atoms with van der Waals surface area (Å²) in [5.41, 5.74) is 0.461. The third kappa shape index (κ3) is 2.26. The Hall–Kier alpha value is -1.73. The van der Waals surface area contributed by atoms with Gasteiger partial charge < -0.3 is 4.74 Å². The Labute approximate surface area is 118 Å². The molecule has 0 amide bonds. The van der Waals surface area contributed by atoms with Crippen LogP contribution in [0.15, 0.2) is 56.5 Å². The van der Waals surface area contributed by atoms with Gasteiger partial charge in [0.15, 0.2) is 0 Å². The van der Waals surface area contributed by atoms with Crippen molar-refractivity contribution in [2.45, 2.75) is 4.90 Å². The number of rotatable bonds is 1. The summed E-state index contributed by atoms with van der Waals surface area (Å²) in [5, 5.41) is 0. The first-order valence-corrected chi connectivity index (χ1v) is 7.52. The number of benzene rings is 1. The highest BCUT2D eigenvalue weighted by Gasteiger charge is 2.30. The van der Waals surface area contributed by atoms with Crippen LogP contribution in [-0.2, 0) is 10.0 Å². The number of hydrogen-bond donors (Lipinski definition) is 0. The van der Waals surface area contributed by atoms with Crippen molar-refractivity contribution in [1.29, 1.82) is 0 Å². The predicted octanol–water partition coefficient (Wildman–Crippen LogP) is 2.37. The number of sulfonamides is 1. The van der Waals surface area contributed by atoms with E-state index in [1.54, 1.807) is 30.5 Å². The first-order chi connectivity index (χ1) is 9.06. The van der Waals surface area contributed by atoms with E-state index >= 15 is 0 Å². The molecule has 1 aromatic heterocycles. The van der Waals surface area contributed by atoms with Gasteiger partial charge in [-0.05, 0) is 34.1 Å². The predicted molar refractivity (Wildman–Crippen MR) is 72.7 cm³/mol. The zero-order chi connectivity index (χ0) is 13.5. The van der Waals surface area contributed by atoms with Crippen LogP contribution in [0.2, 0.25) is 0 Å². The third-order valence-corrected chi connectivity index (χ3v) is 4.24. The molecule has 1 aromatic carbocycles. The Kier molecular flexibility index (Phi) is 2.87. The molecule has 0 bridgehead atoms. The van der Waals surface area contributed by atoms with Crippen LogP contribution in [0.1, 0.15) is 5.56 Å². The molecule has 2 aromatic rings. The number of ether oxygens (including phenoxy) is 1. The molecule has 3 rings (SSSR count). The van der Waals surface area contributed by atoms with Crippen molar-refractivity contribution in [2.24, 2.45) is 4.40 Å². The van der Waals surface area contributed by atoms with E-state index in [1.165, 1.54) is 12.3 Å². The van der Waals surface area contributed by atoms with E-state index in [2.05, 4.69) is 25.3 Å². The lowest BCUT2D eigenvalue weighted by Gasteiger charge is -2.04. The quantitative estimate of drug-likeness (QED) is 0.800. The highest BCUT2D eigenvalue weighted by Crippen LogP contribution is 2.27. The molecular formula is C12H7BrN2O3S. The molecule has 0 radical (unpaired) electrons. The van der Waals surface area contributed by atoms with Crippen LogP contribution in [-0.4, -0.2) is 19.3 Å². The first kappa shape index (κ1) is 12.3. The summed E-state index contributed by atoms with van der Waals surface area (Å²) in [6.45, 7) is 0. The number of hydrogen-bond acceptors (Lipinski definition) is 4. The lowest BCUT2D eigenvalue weighted by atomic mass is 10.2. The number of halogens is 1. The molecule has 0 saturated carbocycles. The lowest BCUT2D eigenvalue weighted by Crippen LogP contribution is -2.07. The van der Waals surface area contributed by atoms with E-state index in [1.807, 2.05) is 0 Å². The normalized spacial score (nSPS) is 15.7. The lowest BCUT2D eigenvalue weighted by molar-refractivity contribution is 0.550. The molecule has 0 saturated heterocycles. The molecule has 0 fully saturated rings. The van der Waals surface area contributed by atoms with E-state index < -0.39 is 10.0 Å². The van der Waals surface area contributed by atoms with Crippen LogP contribution < -0.4 is 4.74 Å². The number of aromatic nitrogens is 1. The van der Waals surface area contributed by atoms with E-state index in [4.69, 9.17) is 4.74 Å². The van der Waals surface area contributed by atoms with E-state index in [0.29, 0.717) is 11.3 Å². The minimum atomic E-state index is -3.65. The highest BCUT2D eigenvalue weighted by atomic mass is 79.9. The van der Waals surface area contributed by atoms with Gasteiger partial charge in [-0.2, -0.15) is 8.42 Å². The smallest absolute Gasteiger partial charge is 0.286 e. The van der Waals surface area contributed by atoms with Crippen molar-refractivity contribution in [3.05, 3.63) is 52.8 Å². The minimum Gasteiger partial charge on any atom is -0.436 e. The van der Waals surface area contributed by atoms with Gasteiger partial charge in [0.25, 0.3) is 10.0 Å². The fourth-order valence-electron chi connectivity index (χ4n) is 1.71. The van der Waals surface area contributed by atoms with Gasteiger partial charge in [0, 0.05) is 10.7 Å². The van der Waals surface area contributed by atoms with Crippen LogP contribution in [0.4, 0.5) is 0 Å². The maximum absolute atomic E-state index is 11.8. The van der Waals surface area contributed by atoms with Crippen molar-refractivity contribution in [3.63, 3.8) is 0 Å². The van der Waals surface area contributed by atoms with Gasteiger partial charge in [0.2, 0.25) is 5.90 Å². The Morgan fingerprint density at radius 2 is 1.95 bits per heavy atom. The summed E-state index contributed by atoms with van der Waals surface area (Å²) in [6.07, 6.45) is 3.09. The second kappa shape index (κ2) is 4.43. The Morgan fingerprint density at radius 3 is 2.74 bits per heavy atom. The van der Waals surface area contributed by atoms with Gasteiger partial charge in [-0.15, -0.1) is 4.40 Å². The van der Waals surface area contributed by atoms with Crippen molar-refractivity contribution >= 4 is 31.9 Å². The largest absolute Gasteiger partial charge is 0.436 e. The van der Waals surface area contributed by atoms with Gasteiger partial charge in [0.05, 0.1) is 11.8 Å². The minimum absolute atomic E-state index is 0.0653. The van der Waals surface area contributed by atoms with E-state index in [-0.39, 0.29) is 10.8 Å². The average Bonchev–Trinajstić information content (AvgIpc) is 2.62. The molecule has 5 nitrogen and oxygen atoms in total. The molecule has 0 spiro atoms. The Morgan fingerprint density at radius 1 is 1.16 bits per heavy atom. The maximum atomic E-state index is 11.8. The van der Waals surface area contributed by atoms with Crippen LogP contribution in [0.3, 0.4) is 0 Å². The fourth-order valence-corrected chi connectivity index (χ4v) is 3.19. The van der Waals surface area contributed by atoms with Gasteiger partial charge in [-0.3, -0.25) is 4.98 Å². The van der Waals surface area contributed by atoms with Crippen molar-refractivity contribution in [3.8, 4) is 5.75 Å². The van der Waals surface area contributed by atoms with Crippen molar-refractivity contribution in [1.82, 2.24) is 4.98 Å². The standard InChI is InChI=1S/C12H7BrN2O3S/c13-8-5-9(7-14-6-8)18-12-10-3-1-2-4-11(10)19(16,17)15-12/h1-7H. The van der Waals surface area contributed by atoms with Gasteiger partial charge in [-0.1, -0.05) is 12.1 Å². The number of pyridine rings is 1. The Bertz CT molecular complexity index is 787. The molecule has 0 N–H and O–H groups in total. The van der Waals surface area contributed by atoms with Gasteiger partial charge in [0.1, 0.15) is 10.6 Å². The van der Waals surface area contributed by atoms with Crippen LogP contribution in [0, 0.1) is 0 Å². The van der Waals surface area contributed by atoms with Crippen LogP contribution >= 0.6 is 15.9 Å². The SMILES string of the molecule is O=S1(=O)N=C(Oc2cncc(Br)c2)c2ccccc21. The maximum Gasteiger partial charge on any atom is 0.286 e. The van der Waals surface area contributed by atoms with Gasteiger partial charge >= 0.3 is 0 Å². The zero-order valence-corrected chi connectivity index (χ0v) is 11.8. The molecular weight excluding hydrogens is 332 g/mol. The summed E-state index contributed by atoms with van der Waals surface area (Å²) in [6, 6.07) is 8.23. The summed E-state index contributed by atoms with van der Waals surface area (Å²) in [5.74, 6) is 0.482. The first-order valence-electron chi connectivity index (χ1n) is 5.29. The molecule has 1 aliphatic heterocycles. The zero-order valence-electron chi connectivity index (χ0n) is 9.45. The van der Waals surface area contributed by atoms with Crippen LogP contribution in [0.25, 0.3) is 0 Å². The van der Waals surface area contributed by atoms with E-state index in [0.717, 1.165) is 4.47 Å². The number of nitrogens with zero attached hydrogens (tertiary/aromatic N) is 2. The van der Waals surface area contributed by atoms with Crippen molar-refractivity contribution < 1.29 is 13.2 Å². The summed E-state index contributed by atoms with van der Waals surface area (Å²) in [7, 11) is -3.65. The average molecular weight is 339 g/mol. The fraction of sp³-hybridized carbons (Fsp3) is 0. The molecule has 0 atom stereocenters. The Balaban J connectivity index is 2.04. The van der Waals surface area contributed by atoms with E-state index in [9.17, 15) is 8.42 Å². The molecule has 7 heteroatoms. The topological polar surface area (TPSA) is 68.6 Å². The highest BCUT2D eigenvalue weighted by molar-refractivity contribution is 9.10. The summed E-state index contributed by atoms with van der Waals surface area (Å²) >= 11 is 3.27. The van der Waals surface area contributed by atoms with Crippen LogP contribution in [0.5, 0.6) is 5.75 Å². The van der Waals surface area contributed by atoms with Crippen molar-refractivity contribution in [2.75, 3.05) is 0 Å². The van der Waals surface area contributed by atoms with Gasteiger partial charge in [-0.25, -0.2) is 0 Å². The monoisotopic (exact) mass is 338 g/mol. The second-order valence-electron chi connectivity index (χ2n) is 3.81. The molecule has 19 heavy (non-hydrogen) atoms. The molecule has 1 aliphatic rings. The second-order valence-corrected chi connectivity index (χ2v) is 6.30. The molecule has 2 heterocycles.